The lowest BCUT2D eigenvalue weighted by atomic mass is 10.0. The molecular formula is C19H21NO3. The summed E-state index contributed by atoms with van der Waals surface area (Å²) in [5.74, 6) is 0.366. The minimum atomic E-state index is -0.194. The fourth-order valence-corrected chi connectivity index (χ4v) is 2.37. The van der Waals surface area contributed by atoms with Gasteiger partial charge in [0.1, 0.15) is 12.0 Å². The van der Waals surface area contributed by atoms with E-state index in [9.17, 15) is 9.59 Å². The molecule has 0 aromatic heterocycles. The molecule has 0 aliphatic heterocycles. The van der Waals surface area contributed by atoms with Crippen molar-refractivity contribution in [3.05, 3.63) is 59.2 Å². The zero-order valence-corrected chi connectivity index (χ0v) is 13.5. The van der Waals surface area contributed by atoms with Gasteiger partial charge in [0, 0.05) is 11.3 Å². The van der Waals surface area contributed by atoms with Crippen LogP contribution in [0, 0.1) is 0 Å². The Kier molecular flexibility index (Phi) is 5.92. The maximum absolute atomic E-state index is 12.2. The molecular weight excluding hydrogens is 290 g/mol. The van der Waals surface area contributed by atoms with E-state index in [2.05, 4.69) is 19.2 Å². The van der Waals surface area contributed by atoms with Crippen LogP contribution in [0.5, 0.6) is 5.75 Å². The van der Waals surface area contributed by atoms with Gasteiger partial charge in [0.25, 0.3) is 5.91 Å². The Morgan fingerprint density at radius 1 is 1.04 bits per heavy atom. The van der Waals surface area contributed by atoms with Gasteiger partial charge in [-0.15, -0.1) is 0 Å². The molecule has 0 unspecified atom stereocenters. The summed E-state index contributed by atoms with van der Waals surface area (Å²) in [6.07, 6.45) is 2.49. The molecule has 0 aliphatic carbocycles. The quantitative estimate of drug-likeness (QED) is 0.794. The van der Waals surface area contributed by atoms with Gasteiger partial charge in [0.15, 0.2) is 6.61 Å². The molecule has 0 bridgehead atoms. The van der Waals surface area contributed by atoms with Crippen molar-refractivity contribution in [1.29, 1.82) is 0 Å². The number of carbonyl (C=O) groups excluding carboxylic acids is 2. The highest BCUT2D eigenvalue weighted by Gasteiger charge is 2.10. The summed E-state index contributed by atoms with van der Waals surface area (Å²) in [5.41, 5.74) is 3.70. The molecule has 0 heterocycles. The third-order valence-electron chi connectivity index (χ3n) is 3.65. The predicted octanol–water partition coefficient (Wildman–Crippen LogP) is 3.64. The molecule has 0 saturated carbocycles. The molecule has 23 heavy (non-hydrogen) atoms. The van der Waals surface area contributed by atoms with Crippen molar-refractivity contribution in [3.63, 3.8) is 0 Å². The van der Waals surface area contributed by atoms with Gasteiger partial charge in [0.05, 0.1) is 0 Å². The van der Waals surface area contributed by atoms with Crippen LogP contribution in [0.25, 0.3) is 0 Å². The Hall–Kier alpha value is -2.62. The molecule has 0 aliphatic rings. The SMILES string of the molecule is CCc1cccc(CC)c1NC(=O)COc1ccc(C=O)cc1. The molecule has 0 atom stereocenters. The molecule has 0 radical (unpaired) electrons. The van der Waals surface area contributed by atoms with Crippen LogP contribution in [-0.2, 0) is 17.6 Å². The van der Waals surface area contributed by atoms with E-state index in [-0.39, 0.29) is 12.5 Å². The van der Waals surface area contributed by atoms with Gasteiger partial charge in [-0.2, -0.15) is 0 Å². The van der Waals surface area contributed by atoms with Gasteiger partial charge < -0.3 is 10.1 Å². The van der Waals surface area contributed by atoms with Crippen LogP contribution in [0.1, 0.15) is 35.3 Å². The first-order chi connectivity index (χ1) is 11.2. The maximum Gasteiger partial charge on any atom is 0.262 e. The Bertz CT molecular complexity index is 655. The number of ether oxygens (including phenoxy) is 1. The standard InChI is InChI=1S/C19H21NO3/c1-3-15-6-5-7-16(4-2)19(15)20-18(22)13-23-17-10-8-14(12-21)9-11-17/h5-12H,3-4,13H2,1-2H3,(H,20,22). The average molecular weight is 311 g/mol. The third kappa shape index (κ3) is 4.42. The summed E-state index contributed by atoms with van der Waals surface area (Å²) in [6.45, 7) is 4.06. The lowest BCUT2D eigenvalue weighted by Gasteiger charge is -2.14. The topological polar surface area (TPSA) is 55.4 Å². The number of aldehydes is 1. The highest BCUT2D eigenvalue weighted by atomic mass is 16.5. The monoisotopic (exact) mass is 311 g/mol. The number of benzene rings is 2. The fraction of sp³-hybridized carbons (Fsp3) is 0.263. The van der Waals surface area contributed by atoms with E-state index >= 15 is 0 Å². The number of amides is 1. The van der Waals surface area contributed by atoms with E-state index in [0.717, 1.165) is 35.9 Å². The summed E-state index contributed by atoms with van der Waals surface area (Å²) in [4.78, 5) is 22.8. The van der Waals surface area contributed by atoms with Gasteiger partial charge in [-0.1, -0.05) is 32.0 Å². The van der Waals surface area contributed by atoms with E-state index in [1.807, 2.05) is 18.2 Å². The highest BCUT2D eigenvalue weighted by molar-refractivity contribution is 5.93. The smallest absolute Gasteiger partial charge is 0.262 e. The number of hydrogen-bond donors (Lipinski definition) is 1. The van der Waals surface area contributed by atoms with Crippen molar-refractivity contribution in [2.45, 2.75) is 26.7 Å². The van der Waals surface area contributed by atoms with Crippen LogP contribution in [0.15, 0.2) is 42.5 Å². The molecule has 0 fully saturated rings. The molecule has 2 rings (SSSR count). The largest absolute Gasteiger partial charge is 0.484 e. The Morgan fingerprint density at radius 2 is 1.65 bits per heavy atom. The minimum Gasteiger partial charge on any atom is -0.484 e. The Labute approximate surface area is 136 Å². The maximum atomic E-state index is 12.2. The fourth-order valence-electron chi connectivity index (χ4n) is 2.37. The number of carbonyl (C=O) groups is 2. The van der Waals surface area contributed by atoms with Crippen LogP contribution >= 0.6 is 0 Å². The van der Waals surface area contributed by atoms with Crippen molar-refractivity contribution in [2.24, 2.45) is 0 Å². The van der Waals surface area contributed by atoms with Crippen molar-refractivity contribution < 1.29 is 14.3 Å². The van der Waals surface area contributed by atoms with Crippen LogP contribution in [0.3, 0.4) is 0 Å². The summed E-state index contributed by atoms with van der Waals surface area (Å²) < 4.78 is 5.46. The van der Waals surface area contributed by atoms with Gasteiger partial charge in [0.2, 0.25) is 0 Å². The Balaban J connectivity index is 2.00. The van der Waals surface area contributed by atoms with Crippen LogP contribution in [0.2, 0.25) is 0 Å². The van der Waals surface area contributed by atoms with Gasteiger partial charge >= 0.3 is 0 Å². The van der Waals surface area contributed by atoms with Crippen LogP contribution in [0.4, 0.5) is 5.69 Å². The second-order valence-electron chi connectivity index (χ2n) is 5.18. The van der Waals surface area contributed by atoms with Crippen molar-refractivity contribution in [1.82, 2.24) is 0 Å². The van der Waals surface area contributed by atoms with E-state index in [1.165, 1.54) is 0 Å². The molecule has 2 aromatic carbocycles. The molecule has 1 amide bonds. The molecule has 4 nitrogen and oxygen atoms in total. The second kappa shape index (κ2) is 8.13. The lowest BCUT2D eigenvalue weighted by Crippen LogP contribution is -2.21. The average Bonchev–Trinajstić information content (AvgIpc) is 2.60. The van der Waals surface area contributed by atoms with Crippen LogP contribution < -0.4 is 10.1 Å². The van der Waals surface area contributed by atoms with Gasteiger partial charge in [-0.3, -0.25) is 9.59 Å². The number of hydrogen-bond acceptors (Lipinski definition) is 3. The first kappa shape index (κ1) is 16.7. The number of rotatable bonds is 7. The summed E-state index contributed by atoms with van der Waals surface area (Å²) in [7, 11) is 0. The first-order valence-electron chi connectivity index (χ1n) is 7.76. The number of para-hydroxylation sites is 1. The molecule has 0 saturated heterocycles. The van der Waals surface area contributed by atoms with E-state index in [1.54, 1.807) is 24.3 Å². The van der Waals surface area contributed by atoms with E-state index in [0.29, 0.717) is 11.3 Å². The second-order valence-corrected chi connectivity index (χ2v) is 5.18. The third-order valence-corrected chi connectivity index (χ3v) is 3.65. The first-order valence-corrected chi connectivity index (χ1v) is 7.76. The zero-order chi connectivity index (χ0) is 16.7. The van der Waals surface area contributed by atoms with Crippen molar-refractivity contribution in [3.8, 4) is 5.75 Å². The predicted molar refractivity (Wildman–Crippen MR) is 91.2 cm³/mol. The lowest BCUT2D eigenvalue weighted by molar-refractivity contribution is -0.118. The summed E-state index contributed by atoms with van der Waals surface area (Å²) >= 11 is 0. The normalized spacial score (nSPS) is 10.2. The summed E-state index contributed by atoms with van der Waals surface area (Å²) in [6, 6.07) is 12.7. The molecule has 120 valence electrons. The highest BCUT2D eigenvalue weighted by Crippen LogP contribution is 2.22. The van der Waals surface area contributed by atoms with Crippen molar-refractivity contribution in [2.75, 3.05) is 11.9 Å². The molecule has 0 spiro atoms. The molecule has 2 aromatic rings. The molecule has 4 heteroatoms. The minimum absolute atomic E-state index is 0.0678. The van der Waals surface area contributed by atoms with E-state index < -0.39 is 0 Å². The van der Waals surface area contributed by atoms with Crippen molar-refractivity contribution >= 4 is 17.9 Å². The van der Waals surface area contributed by atoms with Gasteiger partial charge in [-0.05, 0) is 48.2 Å². The number of aryl methyl sites for hydroxylation is 2. The Morgan fingerprint density at radius 3 is 2.17 bits per heavy atom. The van der Waals surface area contributed by atoms with Crippen LogP contribution in [-0.4, -0.2) is 18.8 Å². The summed E-state index contributed by atoms with van der Waals surface area (Å²) in [5, 5.41) is 2.95. The molecule has 1 N–H and O–H groups in total. The number of anilines is 1. The van der Waals surface area contributed by atoms with Gasteiger partial charge in [-0.25, -0.2) is 0 Å². The van der Waals surface area contributed by atoms with E-state index in [4.69, 9.17) is 4.74 Å². The number of nitrogens with one attached hydrogen (secondary N) is 1. The zero-order valence-electron chi connectivity index (χ0n) is 13.5.